The zero-order valence-corrected chi connectivity index (χ0v) is 11.5. The molecule has 0 unspecified atom stereocenters. The highest BCUT2D eigenvalue weighted by Gasteiger charge is 2.08. The highest BCUT2D eigenvalue weighted by atomic mass is 35.5. The molecule has 1 aromatic heterocycles. The van der Waals surface area contributed by atoms with E-state index in [0.717, 1.165) is 24.4 Å². The Balaban J connectivity index is 2.11. The zero-order chi connectivity index (χ0) is 13.1. The van der Waals surface area contributed by atoms with Crippen LogP contribution < -0.4 is 5.73 Å². The third kappa shape index (κ3) is 2.92. The molecule has 0 aliphatic heterocycles. The Morgan fingerprint density at radius 3 is 2.72 bits per heavy atom. The van der Waals surface area contributed by atoms with Crippen LogP contribution in [-0.4, -0.2) is 9.97 Å². The molecule has 18 heavy (non-hydrogen) atoms. The van der Waals surface area contributed by atoms with Gasteiger partial charge in [0.1, 0.15) is 11.0 Å². The lowest BCUT2D eigenvalue weighted by Crippen LogP contribution is -1.99. The van der Waals surface area contributed by atoms with E-state index < -0.39 is 0 Å². The SMILES string of the molecule is Cc1ccc(C)c(CCc2[nH]c(CN)nc2Cl)c1. The lowest BCUT2D eigenvalue weighted by atomic mass is 10.0. The summed E-state index contributed by atoms with van der Waals surface area (Å²) in [6.07, 6.45) is 1.82. The van der Waals surface area contributed by atoms with E-state index in [2.05, 4.69) is 42.0 Å². The first kappa shape index (κ1) is 13.1. The van der Waals surface area contributed by atoms with Crippen molar-refractivity contribution in [1.29, 1.82) is 0 Å². The van der Waals surface area contributed by atoms with E-state index in [1.54, 1.807) is 0 Å². The first-order valence-electron chi connectivity index (χ1n) is 6.09. The third-order valence-corrected chi connectivity index (χ3v) is 3.43. The quantitative estimate of drug-likeness (QED) is 0.891. The number of aryl methyl sites for hydroxylation is 4. The summed E-state index contributed by atoms with van der Waals surface area (Å²) in [6.45, 7) is 4.64. The second-order valence-electron chi connectivity index (χ2n) is 4.59. The molecule has 1 heterocycles. The summed E-state index contributed by atoms with van der Waals surface area (Å²) in [6, 6.07) is 6.52. The predicted octanol–water partition coefficient (Wildman–Crippen LogP) is 2.92. The molecule has 0 atom stereocenters. The fraction of sp³-hybridized carbons (Fsp3) is 0.357. The minimum absolute atomic E-state index is 0.392. The van der Waals surface area contributed by atoms with Crippen molar-refractivity contribution in [2.24, 2.45) is 5.73 Å². The van der Waals surface area contributed by atoms with E-state index in [-0.39, 0.29) is 0 Å². The van der Waals surface area contributed by atoms with Crippen LogP contribution in [0.5, 0.6) is 0 Å². The van der Waals surface area contributed by atoms with Gasteiger partial charge in [0.25, 0.3) is 0 Å². The molecule has 2 rings (SSSR count). The summed E-state index contributed by atoms with van der Waals surface area (Å²) in [5.41, 5.74) is 10.5. The first-order valence-corrected chi connectivity index (χ1v) is 6.47. The predicted molar refractivity (Wildman–Crippen MR) is 74.8 cm³/mol. The molecule has 0 bridgehead atoms. The van der Waals surface area contributed by atoms with Gasteiger partial charge in [0.05, 0.1) is 12.2 Å². The van der Waals surface area contributed by atoms with Crippen molar-refractivity contribution >= 4 is 11.6 Å². The number of hydrogen-bond acceptors (Lipinski definition) is 2. The minimum atomic E-state index is 0.392. The summed E-state index contributed by atoms with van der Waals surface area (Å²) in [5.74, 6) is 0.746. The van der Waals surface area contributed by atoms with Gasteiger partial charge in [-0.1, -0.05) is 35.4 Å². The monoisotopic (exact) mass is 263 g/mol. The highest BCUT2D eigenvalue weighted by Crippen LogP contribution is 2.17. The average molecular weight is 264 g/mol. The third-order valence-electron chi connectivity index (χ3n) is 3.12. The molecule has 0 radical (unpaired) electrons. The smallest absolute Gasteiger partial charge is 0.150 e. The second kappa shape index (κ2) is 5.55. The van der Waals surface area contributed by atoms with Crippen LogP contribution in [0.3, 0.4) is 0 Å². The summed E-state index contributed by atoms with van der Waals surface area (Å²) in [4.78, 5) is 7.33. The van der Waals surface area contributed by atoms with Crippen molar-refractivity contribution in [2.45, 2.75) is 33.2 Å². The van der Waals surface area contributed by atoms with Gasteiger partial charge in [-0.15, -0.1) is 0 Å². The van der Waals surface area contributed by atoms with Crippen molar-refractivity contribution in [1.82, 2.24) is 9.97 Å². The molecule has 4 heteroatoms. The van der Waals surface area contributed by atoms with Gasteiger partial charge in [-0.25, -0.2) is 4.98 Å². The van der Waals surface area contributed by atoms with E-state index in [1.807, 2.05) is 0 Å². The number of rotatable bonds is 4. The molecule has 0 aliphatic rings. The number of aromatic nitrogens is 2. The number of nitrogens with one attached hydrogen (secondary N) is 1. The molecular weight excluding hydrogens is 246 g/mol. The van der Waals surface area contributed by atoms with Gasteiger partial charge >= 0.3 is 0 Å². The van der Waals surface area contributed by atoms with Gasteiger partial charge in [-0.2, -0.15) is 0 Å². The molecule has 0 fully saturated rings. The zero-order valence-electron chi connectivity index (χ0n) is 10.8. The van der Waals surface area contributed by atoms with Crippen molar-refractivity contribution < 1.29 is 0 Å². The molecule has 0 saturated carbocycles. The van der Waals surface area contributed by atoms with Crippen molar-refractivity contribution in [2.75, 3.05) is 0 Å². The Labute approximate surface area is 112 Å². The molecule has 0 aliphatic carbocycles. The van der Waals surface area contributed by atoms with Crippen LogP contribution in [0.1, 0.15) is 28.2 Å². The van der Waals surface area contributed by atoms with E-state index in [0.29, 0.717) is 11.7 Å². The molecule has 0 saturated heterocycles. The maximum atomic E-state index is 6.06. The standard InChI is InChI=1S/C14H18ClN3/c1-9-3-4-10(2)11(7-9)5-6-12-14(15)18-13(8-16)17-12/h3-4,7H,5-6,8,16H2,1-2H3,(H,17,18). The second-order valence-corrected chi connectivity index (χ2v) is 4.94. The Kier molecular flexibility index (Phi) is 4.04. The topological polar surface area (TPSA) is 54.7 Å². The fourth-order valence-electron chi connectivity index (χ4n) is 2.03. The van der Waals surface area contributed by atoms with Crippen molar-refractivity contribution in [3.63, 3.8) is 0 Å². The van der Waals surface area contributed by atoms with E-state index in [4.69, 9.17) is 17.3 Å². The van der Waals surface area contributed by atoms with Gasteiger partial charge in [0, 0.05) is 0 Å². The van der Waals surface area contributed by atoms with Crippen molar-refractivity contribution in [3.05, 3.63) is 51.6 Å². The molecule has 3 nitrogen and oxygen atoms in total. The first-order chi connectivity index (χ1) is 8.60. The normalized spacial score (nSPS) is 10.9. The minimum Gasteiger partial charge on any atom is -0.343 e. The average Bonchev–Trinajstić information content (AvgIpc) is 2.71. The van der Waals surface area contributed by atoms with Gasteiger partial charge in [0.2, 0.25) is 0 Å². The lowest BCUT2D eigenvalue weighted by molar-refractivity contribution is 0.889. The van der Waals surface area contributed by atoms with Gasteiger partial charge in [-0.05, 0) is 37.8 Å². The maximum absolute atomic E-state index is 6.06. The molecular formula is C14H18ClN3. The lowest BCUT2D eigenvalue weighted by Gasteiger charge is -2.06. The van der Waals surface area contributed by atoms with Crippen LogP contribution in [0.2, 0.25) is 5.15 Å². The van der Waals surface area contributed by atoms with Crippen LogP contribution in [0.15, 0.2) is 18.2 Å². The molecule has 96 valence electrons. The summed E-state index contributed by atoms with van der Waals surface area (Å²) in [5, 5.41) is 0.542. The molecule has 0 amide bonds. The largest absolute Gasteiger partial charge is 0.343 e. The number of hydrogen-bond donors (Lipinski definition) is 2. The number of nitrogens with two attached hydrogens (primary N) is 1. The molecule has 0 spiro atoms. The Morgan fingerprint density at radius 1 is 1.28 bits per heavy atom. The Hall–Kier alpha value is -1.32. The molecule has 2 aromatic rings. The number of H-pyrrole nitrogens is 1. The summed E-state index contributed by atoms with van der Waals surface area (Å²) >= 11 is 6.06. The number of benzene rings is 1. The van der Waals surface area contributed by atoms with Gasteiger partial charge in [0.15, 0.2) is 0 Å². The number of imidazole rings is 1. The van der Waals surface area contributed by atoms with E-state index in [9.17, 15) is 0 Å². The van der Waals surface area contributed by atoms with Crippen molar-refractivity contribution in [3.8, 4) is 0 Å². The fourth-order valence-corrected chi connectivity index (χ4v) is 2.28. The van der Waals surface area contributed by atoms with Gasteiger partial charge < -0.3 is 10.7 Å². The van der Waals surface area contributed by atoms with Gasteiger partial charge in [-0.3, -0.25) is 0 Å². The van der Waals surface area contributed by atoms with Crippen LogP contribution in [0.25, 0.3) is 0 Å². The van der Waals surface area contributed by atoms with Crippen LogP contribution >= 0.6 is 11.6 Å². The highest BCUT2D eigenvalue weighted by molar-refractivity contribution is 6.30. The van der Waals surface area contributed by atoms with Crippen LogP contribution in [0, 0.1) is 13.8 Å². The Bertz CT molecular complexity index is 546. The number of halogens is 1. The maximum Gasteiger partial charge on any atom is 0.150 e. The Morgan fingerprint density at radius 2 is 2.06 bits per heavy atom. The molecule has 3 N–H and O–H groups in total. The van der Waals surface area contributed by atoms with E-state index >= 15 is 0 Å². The number of nitrogens with zero attached hydrogens (tertiary/aromatic N) is 1. The summed E-state index contributed by atoms with van der Waals surface area (Å²) < 4.78 is 0. The van der Waals surface area contributed by atoms with E-state index in [1.165, 1.54) is 16.7 Å². The number of aromatic amines is 1. The summed E-state index contributed by atoms with van der Waals surface area (Å²) in [7, 11) is 0. The van der Waals surface area contributed by atoms with Crippen LogP contribution in [0.4, 0.5) is 0 Å². The van der Waals surface area contributed by atoms with Crippen LogP contribution in [-0.2, 0) is 19.4 Å². The molecule has 1 aromatic carbocycles.